The molecule has 0 radical (unpaired) electrons. The molecule has 0 saturated carbocycles. The predicted molar refractivity (Wildman–Crippen MR) is 121 cm³/mol. The van der Waals surface area contributed by atoms with Gasteiger partial charge in [0.1, 0.15) is 11.0 Å². The van der Waals surface area contributed by atoms with Gasteiger partial charge < -0.3 is 9.88 Å². The zero-order chi connectivity index (χ0) is 19.7. The second-order valence-electron chi connectivity index (χ2n) is 6.95. The third-order valence-electron chi connectivity index (χ3n) is 5.14. The molecule has 2 aromatic carbocycles. The van der Waals surface area contributed by atoms with E-state index < -0.39 is 0 Å². The molecule has 1 N–H and O–H groups in total. The van der Waals surface area contributed by atoms with Crippen molar-refractivity contribution in [3.05, 3.63) is 94.0 Å². The molecule has 0 spiro atoms. The molecule has 150 valence electrons. The van der Waals surface area contributed by atoms with Crippen LogP contribution in [0.15, 0.2) is 60.7 Å². The van der Waals surface area contributed by atoms with E-state index in [1.165, 1.54) is 29.0 Å². The average molecular weight is 430 g/mol. The van der Waals surface area contributed by atoms with Crippen LogP contribution in [-0.2, 0) is 13.1 Å². The number of rotatable bonds is 5. The molecule has 0 saturated heterocycles. The van der Waals surface area contributed by atoms with E-state index >= 15 is 0 Å². The third kappa shape index (κ3) is 4.39. The zero-order valence-electron chi connectivity index (χ0n) is 16.2. The van der Waals surface area contributed by atoms with Gasteiger partial charge in [0.15, 0.2) is 5.82 Å². The maximum Gasteiger partial charge on any atom is 0.152 e. The van der Waals surface area contributed by atoms with Crippen LogP contribution in [0.25, 0.3) is 10.9 Å². The summed E-state index contributed by atoms with van der Waals surface area (Å²) in [7, 11) is 0. The highest BCUT2D eigenvalue weighted by Crippen LogP contribution is 2.33. The molecule has 2 heterocycles. The van der Waals surface area contributed by atoms with E-state index in [2.05, 4.69) is 40.8 Å². The van der Waals surface area contributed by atoms with Crippen molar-refractivity contribution in [3.8, 4) is 0 Å². The number of halogens is 3. The van der Waals surface area contributed by atoms with Gasteiger partial charge in [-0.25, -0.2) is 9.37 Å². The Bertz CT molecular complexity index is 1120. The summed E-state index contributed by atoms with van der Waals surface area (Å²) in [6.07, 6.45) is 0. The first-order chi connectivity index (χ1) is 13.5. The summed E-state index contributed by atoms with van der Waals surface area (Å²) in [5.74, 6) is 0.494. The van der Waals surface area contributed by atoms with Gasteiger partial charge in [0.25, 0.3) is 0 Å². The van der Waals surface area contributed by atoms with E-state index in [-0.39, 0.29) is 18.2 Å². The Morgan fingerprint density at radius 3 is 2.38 bits per heavy atom. The Morgan fingerprint density at radius 1 is 1.00 bits per heavy atom. The molecule has 0 aliphatic carbocycles. The summed E-state index contributed by atoms with van der Waals surface area (Å²) < 4.78 is 15.4. The van der Waals surface area contributed by atoms with E-state index in [4.69, 9.17) is 11.6 Å². The van der Waals surface area contributed by atoms with Crippen LogP contribution < -0.4 is 5.32 Å². The summed E-state index contributed by atoms with van der Waals surface area (Å²) in [6, 6.07) is 18.7. The minimum atomic E-state index is -0.241. The first-order valence-corrected chi connectivity index (χ1v) is 9.59. The number of aryl methyl sites for hydroxylation is 1. The highest BCUT2D eigenvalue weighted by molar-refractivity contribution is 6.30. The smallest absolute Gasteiger partial charge is 0.152 e. The average Bonchev–Trinajstić information content (AvgIpc) is 2.93. The van der Waals surface area contributed by atoms with Gasteiger partial charge in [0.05, 0.1) is 5.52 Å². The molecule has 0 amide bonds. The Morgan fingerprint density at radius 2 is 1.69 bits per heavy atom. The van der Waals surface area contributed by atoms with E-state index in [1.54, 1.807) is 12.1 Å². The SMILES string of the molecule is Cc1c(C)n(Cc2ccccc2)c2c(NCc3ccc(F)cc3)nc(Cl)cc12.Cl. The van der Waals surface area contributed by atoms with Crippen LogP contribution >= 0.6 is 24.0 Å². The molecule has 3 nitrogen and oxygen atoms in total. The maximum atomic E-state index is 13.2. The lowest BCUT2D eigenvalue weighted by molar-refractivity contribution is 0.627. The monoisotopic (exact) mass is 429 g/mol. The lowest BCUT2D eigenvalue weighted by Crippen LogP contribution is -2.07. The fourth-order valence-electron chi connectivity index (χ4n) is 3.51. The normalized spacial score (nSPS) is 10.8. The Labute approximate surface area is 180 Å². The number of pyridine rings is 1. The number of nitrogens with one attached hydrogen (secondary N) is 1. The summed E-state index contributed by atoms with van der Waals surface area (Å²) in [4.78, 5) is 4.55. The highest BCUT2D eigenvalue weighted by atomic mass is 35.5. The fourth-order valence-corrected chi connectivity index (χ4v) is 3.70. The Kier molecular flexibility index (Phi) is 6.46. The molecule has 0 unspecified atom stereocenters. The highest BCUT2D eigenvalue weighted by Gasteiger charge is 2.17. The van der Waals surface area contributed by atoms with Crippen molar-refractivity contribution in [3.63, 3.8) is 0 Å². The number of anilines is 1. The van der Waals surface area contributed by atoms with Crippen molar-refractivity contribution < 1.29 is 4.39 Å². The number of aromatic nitrogens is 2. The minimum absolute atomic E-state index is 0. The van der Waals surface area contributed by atoms with Crippen molar-refractivity contribution in [2.45, 2.75) is 26.9 Å². The van der Waals surface area contributed by atoms with Gasteiger partial charge in [-0.2, -0.15) is 0 Å². The summed E-state index contributed by atoms with van der Waals surface area (Å²) >= 11 is 6.31. The maximum absolute atomic E-state index is 13.2. The molecular formula is C23H22Cl2FN3. The lowest BCUT2D eigenvalue weighted by atomic mass is 10.2. The van der Waals surface area contributed by atoms with Crippen LogP contribution in [0.1, 0.15) is 22.4 Å². The molecule has 6 heteroatoms. The van der Waals surface area contributed by atoms with Crippen LogP contribution in [0.3, 0.4) is 0 Å². The summed E-state index contributed by atoms with van der Waals surface area (Å²) in [6.45, 7) is 5.53. The van der Waals surface area contributed by atoms with Crippen molar-refractivity contribution in [2.75, 3.05) is 5.32 Å². The number of fused-ring (bicyclic) bond motifs is 1. The van der Waals surface area contributed by atoms with Gasteiger partial charge in [-0.3, -0.25) is 0 Å². The molecule has 4 rings (SSSR count). The Hall–Kier alpha value is -2.56. The molecule has 0 bridgehead atoms. The number of hydrogen-bond donors (Lipinski definition) is 1. The zero-order valence-corrected chi connectivity index (χ0v) is 17.8. The van der Waals surface area contributed by atoms with Crippen LogP contribution in [0, 0.1) is 19.7 Å². The Balaban J connectivity index is 0.00000240. The second-order valence-corrected chi connectivity index (χ2v) is 7.34. The van der Waals surface area contributed by atoms with Gasteiger partial charge >= 0.3 is 0 Å². The summed E-state index contributed by atoms with van der Waals surface area (Å²) in [5, 5.41) is 4.94. The number of benzene rings is 2. The molecule has 0 atom stereocenters. The van der Waals surface area contributed by atoms with Gasteiger partial charge in [0.2, 0.25) is 0 Å². The van der Waals surface area contributed by atoms with Crippen LogP contribution in [0.4, 0.5) is 10.2 Å². The van der Waals surface area contributed by atoms with E-state index in [0.717, 1.165) is 28.8 Å². The van der Waals surface area contributed by atoms with Crippen LogP contribution in [-0.4, -0.2) is 9.55 Å². The molecule has 2 aromatic heterocycles. The van der Waals surface area contributed by atoms with Crippen molar-refractivity contribution >= 4 is 40.7 Å². The molecule has 4 aromatic rings. The second kappa shape index (κ2) is 8.85. The standard InChI is InChI=1S/C23H21ClFN3.ClH/c1-15-16(2)28(14-18-6-4-3-5-7-18)22-20(15)12-21(24)27-23(22)26-13-17-8-10-19(25)11-9-17;/h3-12H,13-14H2,1-2H3,(H,26,27);1H. The number of nitrogens with zero attached hydrogens (tertiary/aromatic N) is 2. The van der Waals surface area contributed by atoms with Crippen molar-refractivity contribution in [1.82, 2.24) is 9.55 Å². The first kappa shape index (κ1) is 21.2. The summed E-state index contributed by atoms with van der Waals surface area (Å²) in [5.41, 5.74) is 5.62. The third-order valence-corrected chi connectivity index (χ3v) is 5.33. The lowest BCUT2D eigenvalue weighted by Gasteiger charge is -2.13. The van der Waals surface area contributed by atoms with E-state index in [0.29, 0.717) is 11.7 Å². The molecular weight excluding hydrogens is 408 g/mol. The molecule has 0 aliphatic rings. The van der Waals surface area contributed by atoms with Gasteiger partial charge in [-0.1, -0.05) is 54.1 Å². The van der Waals surface area contributed by atoms with Crippen LogP contribution in [0.2, 0.25) is 5.15 Å². The predicted octanol–water partition coefficient (Wildman–Crippen LogP) is 6.53. The van der Waals surface area contributed by atoms with Gasteiger partial charge in [0, 0.05) is 24.2 Å². The van der Waals surface area contributed by atoms with Gasteiger partial charge in [-0.05, 0) is 48.7 Å². The topological polar surface area (TPSA) is 29.9 Å². The number of hydrogen-bond acceptors (Lipinski definition) is 2. The quantitative estimate of drug-likeness (QED) is 0.365. The van der Waals surface area contributed by atoms with Crippen molar-refractivity contribution in [1.29, 1.82) is 0 Å². The fraction of sp³-hybridized carbons (Fsp3) is 0.174. The minimum Gasteiger partial charge on any atom is -0.364 e. The molecule has 29 heavy (non-hydrogen) atoms. The van der Waals surface area contributed by atoms with E-state index in [1.807, 2.05) is 24.3 Å². The van der Waals surface area contributed by atoms with Crippen LogP contribution in [0.5, 0.6) is 0 Å². The largest absolute Gasteiger partial charge is 0.364 e. The van der Waals surface area contributed by atoms with Gasteiger partial charge in [-0.15, -0.1) is 12.4 Å². The van der Waals surface area contributed by atoms with E-state index in [9.17, 15) is 4.39 Å². The van der Waals surface area contributed by atoms with Crippen molar-refractivity contribution in [2.24, 2.45) is 0 Å². The molecule has 0 fully saturated rings. The molecule has 0 aliphatic heterocycles. The first-order valence-electron chi connectivity index (χ1n) is 9.21.